The maximum atomic E-state index is 5.26. The van der Waals surface area contributed by atoms with Crippen LogP contribution in [-0.2, 0) is 0 Å². The number of hydrogen-bond acceptors (Lipinski definition) is 2. The fourth-order valence-corrected chi connectivity index (χ4v) is 10.2. The maximum Gasteiger partial charge on any atom is 0.160 e. The molecule has 0 amide bonds. The number of hydrogen-bond donors (Lipinski definition) is 0. The molecular weight excluding hydrogens is 811 g/mol. The number of para-hydroxylation sites is 1. The van der Waals surface area contributed by atoms with Crippen molar-refractivity contribution in [1.29, 1.82) is 0 Å². The molecule has 312 valence electrons. The SMILES string of the molecule is c1ccc(-c2ccc(-c3cc(-c4ccc5c(c4)c4ccccc4c4cccc(-c6ccc7c(c6)c6ccccc6n7-c6ccc(-c7ccccc7)cc6)c45)nc(-c4ccccc4)n3)cc2)cc1. The molecule has 0 fully saturated rings. The Morgan fingerprint density at radius 2 is 0.716 bits per heavy atom. The minimum absolute atomic E-state index is 0.701. The van der Waals surface area contributed by atoms with Crippen molar-refractivity contribution in [2.45, 2.75) is 0 Å². The number of benzene rings is 11. The first-order chi connectivity index (χ1) is 33.2. The van der Waals surface area contributed by atoms with Gasteiger partial charge in [-0.3, -0.25) is 0 Å². The summed E-state index contributed by atoms with van der Waals surface area (Å²) in [5.41, 5.74) is 15.5. The molecular formula is C64H41N3. The highest BCUT2D eigenvalue weighted by atomic mass is 15.0. The highest BCUT2D eigenvalue weighted by Crippen LogP contribution is 2.43. The summed E-state index contributed by atoms with van der Waals surface area (Å²) in [6, 6.07) is 89.5. The molecule has 0 unspecified atom stereocenters. The molecule has 2 aromatic heterocycles. The van der Waals surface area contributed by atoms with Gasteiger partial charge in [0.05, 0.1) is 22.4 Å². The molecule has 0 aliphatic rings. The van der Waals surface area contributed by atoms with Crippen molar-refractivity contribution >= 4 is 54.1 Å². The van der Waals surface area contributed by atoms with Crippen LogP contribution in [0.5, 0.6) is 0 Å². The second-order valence-corrected chi connectivity index (χ2v) is 17.3. The van der Waals surface area contributed by atoms with Gasteiger partial charge in [-0.05, 0) is 108 Å². The maximum absolute atomic E-state index is 5.26. The molecule has 3 nitrogen and oxygen atoms in total. The standard InChI is InChI=1S/C64H41N3/c1-4-15-42(16-5-1)44-27-29-46(30-28-44)59-41-60(66-64(65-59)47-19-8-3-9-20-47)49-33-37-56-57(40-49)53-22-11-10-21-52(53)55-25-14-24-51(63(55)56)48-34-38-62-58(39-48)54-23-12-13-26-61(54)67(62)50-35-31-45(32-36-50)43-17-6-2-7-18-43/h1-41H. The van der Waals surface area contributed by atoms with Crippen molar-refractivity contribution in [3.63, 3.8) is 0 Å². The van der Waals surface area contributed by atoms with Crippen LogP contribution in [0, 0.1) is 0 Å². The molecule has 2 heterocycles. The Labute approximate surface area is 388 Å². The molecule has 0 radical (unpaired) electrons. The van der Waals surface area contributed by atoms with Gasteiger partial charge in [0.15, 0.2) is 5.82 Å². The van der Waals surface area contributed by atoms with Crippen molar-refractivity contribution in [2.24, 2.45) is 0 Å². The number of fused-ring (bicyclic) bond motifs is 9. The Kier molecular flexibility index (Phi) is 9.17. The van der Waals surface area contributed by atoms with Crippen LogP contribution < -0.4 is 0 Å². The second-order valence-electron chi connectivity index (χ2n) is 17.3. The summed E-state index contributed by atoms with van der Waals surface area (Å²) in [5.74, 6) is 0.701. The van der Waals surface area contributed by atoms with Crippen LogP contribution in [0.4, 0.5) is 0 Å². The Morgan fingerprint density at radius 1 is 0.254 bits per heavy atom. The Hall–Kier alpha value is -8.92. The van der Waals surface area contributed by atoms with E-state index in [2.05, 4.69) is 235 Å². The lowest BCUT2D eigenvalue weighted by Crippen LogP contribution is -1.96. The third-order valence-electron chi connectivity index (χ3n) is 13.4. The van der Waals surface area contributed by atoms with Crippen molar-refractivity contribution in [3.8, 4) is 73.0 Å². The normalized spacial score (nSPS) is 11.6. The molecule has 0 N–H and O–H groups in total. The minimum atomic E-state index is 0.701. The van der Waals surface area contributed by atoms with Crippen molar-refractivity contribution in [2.75, 3.05) is 0 Å². The minimum Gasteiger partial charge on any atom is -0.309 e. The number of nitrogens with zero attached hydrogens (tertiary/aromatic N) is 3. The monoisotopic (exact) mass is 851 g/mol. The van der Waals surface area contributed by atoms with Crippen molar-refractivity contribution < 1.29 is 0 Å². The van der Waals surface area contributed by atoms with Gasteiger partial charge in [-0.2, -0.15) is 0 Å². The summed E-state index contributed by atoms with van der Waals surface area (Å²) in [6.07, 6.45) is 0. The van der Waals surface area contributed by atoms with Gasteiger partial charge in [0.1, 0.15) is 0 Å². The Bertz CT molecular complexity index is 3990. The van der Waals surface area contributed by atoms with Crippen LogP contribution in [0.1, 0.15) is 0 Å². The fraction of sp³-hybridized carbons (Fsp3) is 0. The molecule has 11 aromatic carbocycles. The van der Waals surface area contributed by atoms with E-state index in [-0.39, 0.29) is 0 Å². The predicted octanol–water partition coefficient (Wildman–Crippen LogP) is 17.0. The van der Waals surface area contributed by atoms with Crippen LogP contribution in [0.25, 0.3) is 127 Å². The van der Waals surface area contributed by atoms with E-state index in [4.69, 9.17) is 9.97 Å². The number of aromatic nitrogens is 3. The first kappa shape index (κ1) is 38.5. The van der Waals surface area contributed by atoms with E-state index >= 15 is 0 Å². The molecule has 0 bridgehead atoms. The van der Waals surface area contributed by atoms with Gasteiger partial charge in [0.2, 0.25) is 0 Å². The molecule has 0 saturated heterocycles. The highest BCUT2D eigenvalue weighted by Gasteiger charge is 2.18. The highest BCUT2D eigenvalue weighted by molar-refractivity contribution is 6.29. The summed E-state index contributed by atoms with van der Waals surface area (Å²) in [6.45, 7) is 0. The summed E-state index contributed by atoms with van der Waals surface area (Å²) in [7, 11) is 0. The van der Waals surface area contributed by atoms with Gasteiger partial charge < -0.3 is 4.57 Å². The van der Waals surface area contributed by atoms with Gasteiger partial charge in [0.25, 0.3) is 0 Å². The van der Waals surface area contributed by atoms with Gasteiger partial charge in [-0.1, -0.05) is 206 Å². The Balaban J connectivity index is 0.967. The fourth-order valence-electron chi connectivity index (χ4n) is 10.2. The third-order valence-corrected chi connectivity index (χ3v) is 13.4. The van der Waals surface area contributed by atoms with Crippen LogP contribution in [-0.4, -0.2) is 14.5 Å². The topological polar surface area (TPSA) is 30.7 Å². The van der Waals surface area contributed by atoms with Crippen LogP contribution in [0.15, 0.2) is 249 Å². The van der Waals surface area contributed by atoms with E-state index in [0.717, 1.165) is 33.8 Å². The molecule has 13 aromatic rings. The van der Waals surface area contributed by atoms with E-state index in [0.29, 0.717) is 5.82 Å². The largest absolute Gasteiger partial charge is 0.309 e. The summed E-state index contributed by atoms with van der Waals surface area (Å²) in [4.78, 5) is 10.4. The van der Waals surface area contributed by atoms with E-state index in [1.54, 1.807) is 0 Å². The molecule has 3 heteroatoms. The van der Waals surface area contributed by atoms with E-state index in [1.165, 1.54) is 87.5 Å². The van der Waals surface area contributed by atoms with E-state index < -0.39 is 0 Å². The quantitative estimate of drug-likeness (QED) is 0.150. The van der Waals surface area contributed by atoms with Gasteiger partial charge in [-0.25, -0.2) is 9.97 Å². The lowest BCUT2D eigenvalue weighted by Gasteiger charge is -2.16. The second kappa shape index (κ2) is 16.0. The first-order valence-corrected chi connectivity index (χ1v) is 22.9. The molecule has 0 aliphatic carbocycles. The van der Waals surface area contributed by atoms with Gasteiger partial charge >= 0.3 is 0 Å². The lowest BCUT2D eigenvalue weighted by molar-refractivity contribution is 1.18. The van der Waals surface area contributed by atoms with Crippen molar-refractivity contribution in [3.05, 3.63) is 249 Å². The van der Waals surface area contributed by atoms with Crippen LogP contribution >= 0.6 is 0 Å². The van der Waals surface area contributed by atoms with E-state index in [1.807, 2.05) is 18.2 Å². The molecule has 0 saturated carbocycles. The zero-order chi connectivity index (χ0) is 44.3. The molecule has 0 spiro atoms. The lowest BCUT2D eigenvalue weighted by atomic mass is 9.88. The average molecular weight is 852 g/mol. The third kappa shape index (κ3) is 6.67. The smallest absolute Gasteiger partial charge is 0.160 e. The molecule has 13 rings (SSSR count). The summed E-state index contributed by atoms with van der Waals surface area (Å²) >= 11 is 0. The van der Waals surface area contributed by atoms with Gasteiger partial charge in [-0.15, -0.1) is 0 Å². The summed E-state index contributed by atoms with van der Waals surface area (Å²) in [5, 5.41) is 9.80. The molecule has 0 aliphatic heterocycles. The van der Waals surface area contributed by atoms with Crippen LogP contribution in [0.3, 0.4) is 0 Å². The average Bonchev–Trinajstić information content (AvgIpc) is 3.75. The van der Waals surface area contributed by atoms with Crippen molar-refractivity contribution in [1.82, 2.24) is 14.5 Å². The predicted molar refractivity (Wildman–Crippen MR) is 282 cm³/mol. The number of rotatable bonds is 7. The zero-order valence-corrected chi connectivity index (χ0v) is 36.5. The zero-order valence-electron chi connectivity index (χ0n) is 36.5. The summed E-state index contributed by atoms with van der Waals surface area (Å²) < 4.78 is 2.40. The molecule has 67 heavy (non-hydrogen) atoms. The Morgan fingerprint density at radius 3 is 1.40 bits per heavy atom. The molecule has 0 atom stereocenters. The van der Waals surface area contributed by atoms with Gasteiger partial charge in [0, 0.05) is 33.2 Å². The van der Waals surface area contributed by atoms with Crippen LogP contribution in [0.2, 0.25) is 0 Å². The first-order valence-electron chi connectivity index (χ1n) is 22.9. The van der Waals surface area contributed by atoms with E-state index in [9.17, 15) is 0 Å².